The Kier molecular flexibility index (Phi) is 4.99. The fourth-order valence-corrected chi connectivity index (χ4v) is 2.60. The van der Waals surface area contributed by atoms with Gasteiger partial charge in [0, 0.05) is 12.2 Å². The second-order valence-electron chi connectivity index (χ2n) is 4.48. The molecule has 5 nitrogen and oxygen atoms in total. The van der Waals surface area contributed by atoms with Crippen molar-refractivity contribution >= 4 is 34.9 Å². The summed E-state index contributed by atoms with van der Waals surface area (Å²) in [5.74, 6) is 0.105. The third-order valence-corrected chi connectivity index (χ3v) is 3.62. The maximum absolute atomic E-state index is 11.9. The van der Waals surface area contributed by atoms with Crippen LogP contribution in [0.4, 0.5) is 5.82 Å². The highest BCUT2D eigenvalue weighted by molar-refractivity contribution is 6.36. The molecule has 1 aliphatic rings. The lowest BCUT2D eigenvalue weighted by Crippen LogP contribution is -2.38. The topological polar surface area (TPSA) is 65.5 Å². The van der Waals surface area contributed by atoms with E-state index in [4.69, 9.17) is 23.2 Å². The molecule has 1 atom stereocenters. The van der Waals surface area contributed by atoms with Gasteiger partial charge < -0.3 is 10.4 Å². The van der Waals surface area contributed by atoms with E-state index in [1.54, 1.807) is 0 Å². The van der Waals surface area contributed by atoms with Crippen molar-refractivity contribution in [1.29, 1.82) is 0 Å². The number of likely N-dealkylation sites (tertiary alicyclic amines) is 1. The van der Waals surface area contributed by atoms with Crippen molar-refractivity contribution in [2.24, 2.45) is 0 Å². The molecule has 0 aliphatic carbocycles. The minimum Gasteiger partial charge on any atom is -0.395 e. The van der Waals surface area contributed by atoms with Crippen LogP contribution in [0.2, 0.25) is 10.0 Å². The minimum absolute atomic E-state index is 0.0689. The van der Waals surface area contributed by atoms with Crippen molar-refractivity contribution in [2.45, 2.75) is 18.9 Å². The molecule has 2 N–H and O–H groups in total. The first kappa shape index (κ1) is 14.5. The number of carbonyl (C=O) groups is 1. The molecule has 0 saturated carbocycles. The highest BCUT2D eigenvalue weighted by atomic mass is 35.5. The summed E-state index contributed by atoms with van der Waals surface area (Å²) in [6, 6.07) is 1.59. The first-order valence-electron chi connectivity index (χ1n) is 6.06. The quantitative estimate of drug-likeness (QED) is 0.890. The van der Waals surface area contributed by atoms with Crippen LogP contribution < -0.4 is 5.32 Å². The van der Waals surface area contributed by atoms with Crippen molar-refractivity contribution in [1.82, 2.24) is 9.88 Å². The Morgan fingerprint density at radius 2 is 2.37 bits per heavy atom. The lowest BCUT2D eigenvalue weighted by Gasteiger charge is -2.21. The second kappa shape index (κ2) is 6.52. The van der Waals surface area contributed by atoms with E-state index in [-0.39, 0.29) is 25.1 Å². The van der Waals surface area contributed by atoms with E-state index >= 15 is 0 Å². The van der Waals surface area contributed by atoms with E-state index in [1.807, 2.05) is 4.90 Å². The number of hydrogen-bond acceptors (Lipinski definition) is 4. The predicted octanol–water partition coefficient (Wildman–Crippen LogP) is 1.78. The Hall–Kier alpha value is -0.880. The van der Waals surface area contributed by atoms with E-state index in [2.05, 4.69) is 10.3 Å². The Labute approximate surface area is 121 Å². The number of halogens is 2. The summed E-state index contributed by atoms with van der Waals surface area (Å²) >= 11 is 11.7. The van der Waals surface area contributed by atoms with Crippen LogP contribution in [0, 0.1) is 0 Å². The van der Waals surface area contributed by atoms with E-state index in [0.717, 1.165) is 19.4 Å². The van der Waals surface area contributed by atoms with Crippen LogP contribution in [-0.2, 0) is 4.79 Å². The van der Waals surface area contributed by atoms with Gasteiger partial charge in [-0.25, -0.2) is 4.98 Å². The SMILES string of the molecule is O=C(CN1CCCC1CO)Nc1ncc(Cl)cc1Cl. The Balaban J connectivity index is 1.94. The summed E-state index contributed by atoms with van der Waals surface area (Å²) in [4.78, 5) is 17.8. The van der Waals surface area contributed by atoms with Gasteiger partial charge in [0.05, 0.1) is 23.2 Å². The molecule has 1 unspecified atom stereocenters. The molecule has 1 saturated heterocycles. The zero-order valence-corrected chi connectivity index (χ0v) is 11.8. The molecule has 0 aromatic carbocycles. The van der Waals surface area contributed by atoms with Gasteiger partial charge in [0.25, 0.3) is 0 Å². The summed E-state index contributed by atoms with van der Waals surface area (Å²) in [5.41, 5.74) is 0. The molecule has 0 bridgehead atoms. The maximum atomic E-state index is 11.9. The largest absolute Gasteiger partial charge is 0.395 e. The van der Waals surface area contributed by atoms with Crippen LogP contribution in [0.25, 0.3) is 0 Å². The number of hydrogen-bond donors (Lipinski definition) is 2. The van der Waals surface area contributed by atoms with E-state index in [1.165, 1.54) is 12.3 Å². The van der Waals surface area contributed by atoms with Gasteiger partial charge in [-0.1, -0.05) is 23.2 Å². The lowest BCUT2D eigenvalue weighted by atomic mass is 10.2. The van der Waals surface area contributed by atoms with Gasteiger partial charge in [-0.2, -0.15) is 0 Å². The molecule has 1 aliphatic heterocycles. The molecule has 7 heteroatoms. The fourth-order valence-electron chi connectivity index (χ4n) is 2.17. The molecule has 0 spiro atoms. The van der Waals surface area contributed by atoms with E-state index in [0.29, 0.717) is 15.9 Å². The standard InChI is InChI=1S/C12H15Cl2N3O2/c13-8-4-10(14)12(15-5-8)16-11(19)6-17-3-1-2-9(17)7-18/h4-5,9,18H,1-3,6-7H2,(H,15,16,19). The number of rotatable bonds is 4. The van der Waals surface area contributed by atoms with Crippen LogP contribution in [0.5, 0.6) is 0 Å². The number of nitrogens with one attached hydrogen (secondary N) is 1. The smallest absolute Gasteiger partial charge is 0.239 e. The van der Waals surface area contributed by atoms with Gasteiger partial charge in [0.2, 0.25) is 5.91 Å². The fraction of sp³-hybridized carbons (Fsp3) is 0.500. The molecular weight excluding hydrogens is 289 g/mol. The highest BCUT2D eigenvalue weighted by Crippen LogP contribution is 2.22. The number of carbonyl (C=O) groups excluding carboxylic acids is 1. The third kappa shape index (κ3) is 3.79. The summed E-state index contributed by atoms with van der Waals surface area (Å²) in [7, 11) is 0. The number of nitrogens with zero attached hydrogens (tertiary/aromatic N) is 2. The van der Waals surface area contributed by atoms with Crippen LogP contribution >= 0.6 is 23.2 Å². The predicted molar refractivity (Wildman–Crippen MR) is 74.6 cm³/mol. The molecule has 1 aromatic heterocycles. The monoisotopic (exact) mass is 303 g/mol. The van der Waals surface area contributed by atoms with Crippen molar-refractivity contribution < 1.29 is 9.90 Å². The second-order valence-corrected chi connectivity index (χ2v) is 5.32. The Bertz CT molecular complexity index is 470. The summed E-state index contributed by atoms with van der Waals surface area (Å²) in [5, 5.41) is 12.6. The summed E-state index contributed by atoms with van der Waals surface area (Å²) in [6.07, 6.45) is 3.34. The minimum atomic E-state index is -0.197. The molecule has 1 fully saturated rings. The lowest BCUT2D eigenvalue weighted by molar-refractivity contribution is -0.117. The number of amides is 1. The van der Waals surface area contributed by atoms with Gasteiger partial charge in [-0.05, 0) is 25.5 Å². The first-order valence-corrected chi connectivity index (χ1v) is 6.81. The number of aliphatic hydroxyl groups is 1. The van der Waals surface area contributed by atoms with Crippen LogP contribution in [0.15, 0.2) is 12.3 Å². The molecule has 1 amide bonds. The van der Waals surface area contributed by atoms with Gasteiger partial charge in [0.15, 0.2) is 5.82 Å². The van der Waals surface area contributed by atoms with E-state index in [9.17, 15) is 9.90 Å². The van der Waals surface area contributed by atoms with Crippen LogP contribution in [0.1, 0.15) is 12.8 Å². The maximum Gasteiger partial charge on any atom is 0.239 e. The number of aromatic nitrogens is 1. The van der Waals surface area contributed by atoms with Crippen molar-refractivity contribution in [2.75, 3.05) is 25.0 Å². The van der Waals surface area contributed by atoms with Crippen molar-refractivity contribution in [3.63, 3.8) is 0 Å². The van der Waals surface area contributed by atoms with Gasteiger partial charge in [-0.15, -0.1) is 0 Å². The number of pyridine rings is 1. The number of aliphatic hydroxyl groups excluding tert-OH is 1. The third-order valence-electron chi connectivity index (χ3n) is 3.12. The summed E-state index contributed by atoms with van der Waals surface area (Å²) in [6.45, 7) is 1.12. The molecule has 1 aromatic rings. The number of anilines is 1. The Morgan fingerprint density at radius 3 is 3.05 bits per heavy atom. The zero-order chi connectivity index (χ0) is 13.8. The van der Waals surface area contributed by atoms with Gasteiger partial charge in [0.1, 0.15) is 0 Å². The van der Waals surface area contributed by atoms with Crippen LogP contribution in [-0.4, -0.2) is 46.6 Å². The molecular formula is C12H15Cl2N3O2. The van der Waals surface area contributed by atoms with Gasteiger partial charge in [-0.3, -0.25) is 9.69 Å². The molecule has 2 heterocycles. The van der Waals surface area contributed by atoms with Crippen molar-refractivity contribution in [3.8, 4) is 0 Å². The first-order chi connectivity index (χ1) is 9.10. The molecule has 19 heavy (non-hydrogen) atoms. The van der Waals surface area contributed by atoms with Crippen LogP contribution in [0.3, 0.4) is 0 Å². The average Bonchev–Trinajstić information content (AvgIpc) is 2.80. The molecule has 2 rings (SSSR count). The molecule has 104 valence electrons. The normalized spacial score (nSPS) is 19.6. The highest BCUT2D eigenvalue weighted by Gasteiger charge is 2.25. The zero-order valence-electron chi connectivity index (χ0n) is 10.3. The van der Waals surface area contributed by atoms with Crippen molar-refractivity contribution in [3.05, 3.63) is 22.3 Å². The summed E-state index contributed by atoms with van der Waals surface area (Å²) < 4.78 is 0. The average molecular weight is 304 g/mol. The van der Waals surface area contributed by atoms with E-state index < -0.39 is 0 Å². The Morgan fingerprint density at radius 1 is 1.58 bits per heavy atom. The van der Waals surface area contributed by atoms with Gasteiger partial charge >= 0.3 is 0 Å². The molecule has 0 radical (unpaired) electrons.